The second kappa shape index (κ2) is 6.18. The van der Waals surface area contributed by atoms with Gasteiger partial charge in [0.05, 0.1) is 6.54 Å². The Morgan fingerprint density at radius 3 is 2.80 bits per heavy atom. The third kappa shape index (κ3) is 3.34. The van der Waals surface area contributed by atoms with Crippen molar-refractivity contribution in [1.82, 2.24) is 9.55 Å². The van der Waals surface area contributed by atoms with Crippen LogP contribution in [0.3, 0.4) is 0 Å². The molecule has 0 saturated carbocycles. The predicted molar refractivity (Wildman–Crippen MR) is 77.5 cm³/mol. The molecule has 0 aliphatic rings. The van der Waals surface area contributed by atoms with Crippen molar-refractivity contribution in [3.05, 3.63) is 63.3 Å². The van der Waals surface area contributed by atoms with E-state index in [1.807, 2.05) is 44.2 Å². The lowest BCUT2D eigenvalue weighted by molar-refractivity contribution is 0.350. The van der Waals surface area contributed by atoms with Gasteiger partial charge in [0.2, 0.25) is 0 Å². The molecule has 0 spiro atoms. The van der Waals surface area contributed by atoms with Crippen LogP contribution >= 0.6 is 0 Å². The van der Waals surface area contributed by atoms with Crippen molar-refractivity contribution in [2.45, 2.75) is 20.4 Å². The minimum atomic E-state index is -0.241. The van der Waals surface area contributed by atoms with Gasteiger partial charge in [0.1, 0.15) is 6.61 Å². The lowest BCUT2D eigenvalue weighted by atomic mass is 10.1. The molecule has 1 heterocycles. The minimum Gasteiger partial charge on any atom is -0.384 e. The molecule has 0 unspecified atom stereocenters. The summed E-state index contributed by atoms with van der Waals surface area (Å²) in [6.45, 7) is 4.01. The van der Waals surface area contributed by atoms with Gasteiger partial charge in [0.15, 0.2) is 0 Å². The first-order valence-corrected chi connectivity index (χ1v) is 6.34. The molecule has 0 fully saturated rings. The minimum absolute atomic E-state index is 0.162. The summed E-state index contributed by atoms with van der Waals surface area (Å²) in [5.41, 5.74) is 3.17. The molecule has 0 aliphatic carbocycles. The van der Waals surface area contributed by atoms with Gasteiger partial charge in [-0.15, -0.1) is 0 Å². The quantitative estimate of drug-likeness (QED) is 0.834. The number of aliphatic hydroxyl groups is 1. The van der Waals surface area contributed by atoms with Crippen LogP contribution in [-0.2, 0) is 6.54 Å². The largest absolute Gasteiger partial charge is 0.384 e. The maximum absolute atomic E-state index is 11.9. The predicted octanol–water partition coefficient (Wildman–Crippen LogP) is 1.25. The first-order valence-electron chi connectivity index (χ1n) is 6.34. The zero-order valence-corrected chi connectivity index (χ0v) is 11.6. The Morgan fingerprint density at radius 1 is 1.30 bits per heavy atom. The monoisotopic (exact) mass is 268 g/mol. The number of hydrogen-bond donors (Lipinski definition) is 1. The summed E-state index contributed by atoms with van der Waals surface area (Å²) >= 11 is 0. The van der Waals surface area contributed by atoms with Crippen LogP contribution in [0.4, 0.5) is 0 Å². The van der Waals surface area contributed by atoms with Crippen molar-refractivity contribution in [3.63, 3.8) is 0 Å². The standard InChI is InChI=1S/C16H16N2O2/c1-12-9-13(2)18(16(20)17-12)11-15-6-3-5-14(10-15)7-4-8-19/h3,5-6,9-10,19H,8,11H2,1-2H3. The van der Waals surface area contributed by atoms with Crippen LogP contribution in [0, 0.1) is 25.7 Å². The zero-order valence-electron chi connectivity index (χ0n) is 11.6. The summed E-state index contributed by atoms with van der Waals surface area (Å²) in [7, 11) is 0. The summed E-state index contributed by atoms with van der Waals surface area (Å²) in [6.07, 6.45) is 0. The first kappa shape index (κ1) is 14.0. The summed E-state index contributed by atoms with van der Waals surface area (Å²) in [5.74, 6) is 5.47. The Labute approximate surface area is 117 Å². The molecule has 1 aromatic heterocycles. The van der Waals surface area contributed by atoms with Gasteiger partial charge in [-0.25, -0.2) is 4.79 Å². The lowest BCUT2D eigenvalue weighted by Crippen LogP contribution is -2.26. The molecule has 0 atom stereocenters. The van der Waals surface area contributed by atoms with Crippen LogP contribution < -0.4 is 5.69 Å². The number of aromatic nitrogens is 2. The van der Waals surface area contributed by atoms with E-state index in [1.165, 1.54) is 0 Å². The van der Waals surface area contributed by atoms with Crippen molar-refractivity contribution in [2.75, 3.05) is 6.61 Å². The summed E-state index contributed by atoms with van der Waals surface area (Å²) in [6, 6.07) is 9.50. The van der Waals surface area contributed by atoms with E-state index >= 15 is 0 Å². The molecule has 1 N–H and O–H groups in total. The average Bonchev–Trinajstić information content (AvgIpc) is 2.41. The maximum atomic E-state index is 11.9. The molecule has 4 nitrogen and oxygen atoms in total. The van der Waals surface area contributed by atoms with E-state index in [2.05, 4.69) is 16.8 Å². The van der Waals surface area contributed by atoms with Gasteiger partial charge in [-0.3, -0.25) is 4.57 Å². The number of aliphatic hydroxyl groups excluding tert-OH is 1. The summed E-state index contributed by atoms with van der Waals surface area (Å²) < 4.78 is 1.63. The van der Waals surface area contributed by atoms with Crippen molar-refractivity contribution in [3.8, 4) is 11.8 Å². The van der Waals surface area contributed by atoms with E-state index < -0.39 is 0 Å². The van der Waals surface area contributed by atoms with E-state index in [-0.39, 0.29) is 12.3 Å². The van der Waals surface area contributed by atoms with Gasteiger partial charge in [0.25, 0.3) is 0 Å². The van der Waals surface area contributed by atoms with Gasteiger partial charge < -0.3 is 5.11 Å². The number of hydrogen-bond acceptors (Lipinski definition) is 3. The molecule has 102 valence electrons. The van der Waals surface area contributed by atoms with Gasteiger partial charge in [0, 0.05) is 17.0 Å². The van der Waals surface area contributed by atoms with E-state index in [4.69, 9.17) is 5.11 Å². The normalized spacial score (nSPS) is 9.95. The van der Waals surface area contributed by atoms with Crippen molar-refractivity contribution in [2.24, 2.45) is 0 Å². The summed E-state index contributed by atoms with van der Waals surface area (Å²) in [4.78, 5) is 15.9. The Hall–Kier alpha value is -2.38. The van der Waals surface area contributed by atoms with E-state index in [9.17, 15) is 4.79 Å². The third-order valence-electron chi connectivity index (χ3n) is 2.93. The Kier molecular flexibility index (Phi) is 4.34. The molecule has 2 rings (SSSR count). The van der Waals surface area contributed by atoms with Crippen molar-refractivity contribution in [1.29, 1.82) is 0 Å². The molecule has 0 aliphatic heterocycles. The molecule has 0 bridgehead atoms. The fourth-order valence-electron chi connectivity index (χ4n) is 2.04. The molecular weight excluding hydrogens is 252 g/mol. The van der Waals surface area contributed by atoms with Gasteiger partial charge >= 0.3 is 5.69 Å². The Morgan fingerprint density at radius 2 is 2.10 bits per heavy atom. The van der Waals surface area contributed by atoms with Crippen LogP contribution in [-0.4, -0.2) is 21.3 Å². The summed E-state index contributed by atoms with van der Waals surface area (Å²) in [5, 5.41) is 8.70. The zero-order chi connectivity index (χ0) is 14.5. The van der Waals surface area contributed by atoms with Crippen LogP contribution in [0.2, 0.25) is 0 Å². The van der Waals surface area contributed by atoms with Crippen LogP contribution in [0.1, 0.15) is 22.5 Å². The van der Waals surface area contributed by atoms with Crippen molar-refractivity contribution < 1.29 is 5.11 Å². The topological polar surface area (TPSA) is 55.1 Å². The smallest absolute Gasteiger partial charge is 0.348 e. The molecule has 4 heteroatoms. The van der Waals surface area contributed by atoms with Gasteiger partial charge in [-0.1, -0.05) is 24.0 Å². The fourth-order valence-corrected chi connectivity index (χ4v) is 2.04. The fraction of sp³-hybridized carbons (Fsp3) is 0.250. The Bertz CT molecular complexity index is 736. The SMILES string of the molecule is Cc1cc(C)n(Cc2cccc(C#CCO)c2)c(=O)n1. The highest BCUT2D eigenvalue weighted by Gasteiger charge is 2.04. The number of benzene rings is 1. The van der Waals surface area contributed by atoms with E-state index in [0.29, 0.717) is 6.54 Å². The number of aryl methyl sites for hydroxylation is 2. The Balaban J connectivity index is 2.33. The van der Waals surface area contributed by atoms with Gasteiger partial charge in [-0.2, -0.15) is 4.98 Å². The third-order valence-corrected chi connectivity index (χ3v) is 2.93. The average molecular weight is 268 g/mol. The molecule has 2 aromatic rings. The molecule has 0 saturated heterocycles. The van der Waals surface area contributed by atoms with Crippen LogP contribution in [0.25, 0.3) is 0 Å². The van der Waals surface area contributed by atoms with Crippen LogP contribution in [0.15, 0.2) is 35.1 Å². The molecule has 20 heavy (non-hydrogen) atoms. The highest BCUT2D eigenvalue weighted by molar-refractivity contribution is 5.37. The van der Waals surface area contributed by atoms with Crippen LogP contribution in [0.5, 0.6) is 0 Å². The lowest BCUT2D eigenvalue weighted by Gasteiger charge is -2.10. The highest BCUT2D eigenvalue weighted by atomic mass is 16.2. The first-order chi connectivity index (χ1) is 9.60. The van der Waals surface area contributed by atoms with Crippen molar-refractivity contribution >= 4 is 0 Å². The maximum Gasteiger partial charge on any atom is 0.348 e. The number of nitrogens with zero attached hydrogens (tertiary/aromatic N) is 2. The molecule has 1 aromatic carbocycles. The second-order valence-corrected chi connectivity index (χ2v) is 4.57. The van der Waals surface area contributed by atoms with E-state index in [1.54, 1.807) is 4.57 Å². The van der Waals surface area contributed by atoms with Gasteiger partial charge in [-0.05, 0) is 37.6 Å². The molecular formula is C16H16N2O2. The second-order valence-electron chi connectivity index (χ2n) is 4.57. The number of rotatable bonds is 2. The highest BCUT2D eigenvalue weighted by Crippen LogP contribution is 2.07. The molecule has 0 radical (unpaired) electrons. The van der Waals surface area contributed by atoms with E-state index in [0.717, 1.165) is 22.5 Å². The molecule has 0 amide bonds.